The van der Waals surface area contributed by atoms with Gasteiger partial charge in [0.2, 0.25) is 0 Å². The molecule has 0 unspecified atom stereocenters. The lowest BCUT2D eigenvalue weighted by Gasteiger charge is -2.09. The second-order valence-corrected chi connectivity index (χ2v) is 3.47. The van der Waals surface area contributed by atoms with Crippen molar-refractivity contribution in [2.75, 3.05) is 6.61 Å². The van der Waals surface area contributed by atoms with E-state index in [1.54, 1.807) is 19.1 Å². The van der Waals surface area contributed by atoms with Crippen molar-refractivity contribution in [2.45, 2.75) is 18.4 Å². The zero-order valence-electron chi connectivity index (χ0n) is 8.73. The van der Waals surface area contributed by atoms with Gasteiger partial charge < -0.3 is 9.84 Å². The number of rotatable bonds is 3. The maximum absolute atomic E-state index is 11.6. The minimum absolute atomic E-state index is 0.0966. The van der Waals surface area contributed by atoms with Crippen LogP contribution < -0.4 is 0 Å². The molecule has 0 heterocycles. The summed E-state index contributed by atoms with van der Waals surface area (Å²) in [6.07, 6.45) is 0. The maximum Gasteiger partial charge on any atom is 0.339 e. The molecule has 0 aliphatic carbocycles. The molecule has 0 fully saturated rings. The summed E-state index contributed by atoms with van der Waals surface area (Å²) in [5.41, 5.74) is 0.598. The molecule has 1 aromatic rings. The highest BCUT2D eigenvalue weighted by molar-refractivity contribution is 7.80. The summed E-state index contributed by atoms with van der Waals surface area (Å²) >= 11 is 4.08. The van der Waals surface area contributed by atoms with Gasteiger partial charge in [-0.15, -0.1) is 12.6 Å². The highest BCUT2D eigenvalue weighted by Crippen LogP contribution is 2.22. The van der Waals surface area contributed by atoms with Crippen LogP contribution in [0, 0.1) is 11.3 Å². The van der Waals surface area contributed by atoms with Gasteiger partial charge in [-0.3, -0.25) is 0 Å². The lowest BCUT2D eigenvalue weighted by atomic mass is 10.0. The van der Waals surface area contributed by atoms with E-state index in [0.717, 1.165) is 0 Å². The summed E-state index contributed by atoms with van der Waals surface area (Å²) < 4.78 is 4.83. The van der Waals surface area contributed by atoms with E-state index in [2.05, 4.69) is 12.6 Å². The van der Waals surface area contributed by atoms with E-state index < -0.39 is 5.97 Å². The predicted octanol–water partition coefficient (Wildman–Crippen LogP) is 1.52. The Kier molecular flexibility index (Phi) is 4.35. The van der Waals surface area contributed by atoms with Crippen molar-refractivity contribution < 1.29 is 14.6 Å². The Labute approximate surface area is 98.9 Å². The number of carbonyl (C=O) groups is 1. The van der Waals surface area contributed by atoms with Gasteiger partial charge in [0.1, 0.15) is 6.07 Å². The first kappa shape index (κ1) is 12.6. The molecule has 5 heteroatoms. The summed E-state index contributed by atoms with van der Waals surface area (Å²) in [7, 11) is 0. The molecular weight excluding hydrogens is 226 g/mol. The molecule has 4 nitrogen and oxygen atoms in total. The molecule has 84 valence electrons. The van der Waals surface area contributed by atoms with E-state index >= 15 is 0 Å². The fourth-order valence-corrected chi connectivity index (χ4v) is 1.55. The van der Waals surface area contributed by atoms with Crippen molar-refractivity contribution in [2.24, 2.45) is 0 Å². The number of hydrogen-bond acceptors (Lipinski definition) is 5. The molecule has 0 atom stereocenters. The number of hydrogen-bond donors (Lipinski definition) is 2. The van der Waals surface area contributed by atoms with Crippen LogP contribution in [0.5, 0.6) is 0 Å². The lowest BCUT2D eigenvalue weighted by Crippen LogP contribution is -2.11. The van der Waals surface area contributed by atoms with E-state index in [-0.39, 0.29) is 24.3 Å². The largest absolute Gasteiger partial charge is 0.462 e. The molecule has 1 N–H and O–H groups in total. The second-order valence-electron chi connectivity index (χ2n) is 2.98. The van der Waals surface area contributed by atoms with Crippen molar-refractivity contribution in [1.82, 2.24) is 0 Å². The molecule has 16 heavy (non-hydrogen) atoms. The van der Waals surface area contributed by atoms with Gasteiger partial charge in [-0.1, -0.05) is 6.07 Å². The van der Waals surface area contributed by atoms with Crippen LogP contribution in [0.15, 0.2) is 17.0 Å². The number of thiol groups is 1. The minimum Gasteiger partial charge on any atom is -0.462 e. The Morgan fingerprint density at radius 1 is 1.62 bits per heavy atom. The number of nitriles is 1. The summed E-state index contributed by atoms with van der Waals surface area (Å²) in [6, 6.07) is 5.01. The number of nitrogens with zero attached hydrogens (tertiary/aromatic N) is 1. The Morgan fingerprint density at radius 3 is 2.81 bits per heavy atom. The molecule has 0 aliphatic rings. The lowest BCUT2D eigenvalue weighted by molar-refractivity contribution is 0.0522. The van der Waals surface area contributed by atoms with Crippen LogP contribution in [-0.4, -0.2) is 17.7 Å². The van der Waals surface area contributed by atoms with Gasteiger partial charge in [0, 0.05) is 4.90 Å². The fourth-order valence-electron chi connectivity index (χ4n) is 1.32. The van der Waals surface area contributed by atoms with Crippen molar-refractivity contribution >= 4 is 18.6 Å². The summed E-state index contributed by atoms with van der Waals surface area (Å²) in [5, 5.41) is 18.1. The van der Waals surface area contributed by atoms with Crippen molar-refractivity contribution in [3.8, 4) is 6.07 Å². The predicted molar refractivity (Wildman–Crippen MR) is 60.3 cm³/mol. The van der Waals surface area contributed by atoms with Gasteiger partial charge in [-0.25, -0.2) is 4.79 Å². The summed E-state index contributed by atoms with van der Waals surface area (Å²) in [4.78, 5) is 12.0. The van der Waals surface area contributed by atoms with Gasteiger partial charge in [0.25, 0.3) is 0 Å². The van der Waals surface area contributed by atoms with Crippen molar-refractivity contribution in [1.29, 1.82) is 5.26 Å². The molecule has 1 rings (SSSR count). The Bertz CT molecular complexity index is 451. The van der Waals surface area contributed by atoms with Crippen LogP contribution in [0.2, 0.25) is 0 Å². The Balaban J connectivity index is 3.37. The van der Waals surface area contributed by atoms with Crippen LogP contribution in [0.4, 0.5) is 0 Å². The number of benzene rings is 1. The third kappa shape index (κ3) is 2.35. The van der Waals surface area contributed by atoms with Gasteiger partial charge in [0.05, 0.1) is 24.3 Å². The van der Waals surface area contributed by atoms with E-state index in [9.17, 15) is 4.79 Å². The van der Waals surface area contributed by atoms with Crippen LogP contribution in [0.25, 0.3) is 0 Å². The molecule has 0 aliphatic heterocycles. The molecule has 0 spiro atoms. The van der Waals surface area contributed by atoms with E-state index in [1.165, 1.54) is 0 Å². The molecular formula is C11H11NO3S. The number of aliphatic hydroxyl groups is 1. The SMILES string of the molecule is CCOC(=O)c1c(CO)ccc(S)c1C#N. The molecule has 0 aromatic heterocycles. The first-order valence-corrected chi connectivity index (χ1v) is 5.13. The number of aliphatic hydroxyl groups excluding tert-OH is 1. The van der Waals surface area contributed by atoms with Crippen LogP contribution in [-0.2, 0) is 11.3 Å². The van der Waals surface area contributed by atoms with Crippen molar-refractivity contribution in [3.63, 3.8) is 0 Å². The third-order valence-electron chi connectivity index (χ3n) is 2.03. The zero-order chi connectivity index (χ0) is 12.1. The van der Waals surface area contributed by atoms with Gasteiger partial charge in [-0.05, 0) is 18.6 Å². The van der Waals surface area contributed by atoms with Crippen molar-refractivity contribution in [3.05, 3.63) is 28.8 Å². The smallest absolute Gasteiger partial charge is 0.339 e. The third-order valence-corrected chi connectivity index (χ3v) is 2.40. The van der Waals surface area contributed by atoms with E-state index in [1.807, 2.05) is 6.07 Å². The molecule has 0 amide bonds. The fraction of sp³-hybridized carbons (Fsp3) is 0.273. The van der Waals surface area contributed by atoms with Crippen LogP contribution in [0.3, 0.4) is 0 Å². The summed E-state index contributed by atoms with van der Waals surface area (Å²) in [6.45, 7) is 1.56. The first-order valence-electron chi connectivity index (χ1n) is 4.68. The molecule has 0 saturated heterocycles. The first-order chi connectivity index (χ1) is 7.65. The topological polar surface area (TPSA) is 70.3 Å². The summed E-state index contributed by atoms with van der Waals surface area (Å²) in [5.74, 6) is -0.612. The average molecular weight is 237 g/mol. The number of carbonyl (C=O) groups excluding carboxylic acids is 1. The Hall–Kier alpha value is -1.51. The van der Waals surface area contributed by atoms with Gasteiger partial charge in [0.15, 0.2) is 0 Å². The highest BCUT2D eigenvalue weighted by Gasteiger charge is 2.19. The monoisotopic (exact) mass is 237 g/mol. The van der Waals surface area contributed by atoms with E-state index in [0.29, 0.717) is 10.5 Å². The zero-order valence-corrected chi connectivity index (χ0v) is 9.62. The molecule has 0 radical (unpaired) electrons. The van der Waals surface area contributed by atoms with Crippen LogP contribution in [0.1, 0.15) is 28.4 Å². The standard InChI is InChI=1S/C11H11NO3S/c1-2-15-11(14)10-7(6-13)3-4-9(16)8(10)5-12/h3-4,13,16H,2,6H2,1H3. The van der Waals surface area contributed by atoms with E-state index in [4.69, 9.17) is 15.1 Å². The number of esters is 1. The maximum atomic E-state index is 11.6. The average Bonchev–Trinajstić information content (AvgIpc) is 2.28. The molecule has 0 bridgehead atoms. The normalized spacial score (nSPS) is 9.62. The molecule has 1 aromatic carbocycles. The highest BCUT2D eigenvalue weighted by atomic mass is 32.1. The van der Waals surface area contributed by atoms with Gasteiger partial charge in [-0.2, -0.15) is 5.26 Å². The number of ether oxygens (including phenoxy) is 1. The minimum atomic E-state index is -0.612. The van der Waals surface area contributed by atoms with Gasteiger partial charge >= 0.3 is 5.97 Å². The van der Waals surface area contributed by atoms with Crippen LogP contribution >= 0.6 is 12.6 Å². The molecule has 0 saturated carbocycles. The second kappa shape index (κ2) is 5.54. The Morgan fingerprint density at radius 2 is 2.31 bits per heavy atom. The quantitative estimate of drug-likeness (QED) is 0.617.